The molecule has 0 aromatic heterocycles. The predicted octanol–water partition coefficient (Wildman–Crippen LogP) is 4.15. The van der Waals surface area contributed by atoms with E-state index in [2.05, 4.69) is 10.1 Å². The van der Waals surface area contributed by atoms with Gasteiger partial charge in [0.1, 0.15) is 11.6 Å². The van der Waals surface area contributed by atoms with Crippen LogP contribution in [-0.2, 0) is 26.9 Å². The second-order valence-corrected chi connectivity index (χ2v) is 7.65. The number of alkyl halides is 3. The number of rotatable bonds is 7. The van der Waals surface area contributed by atoms with Crippen molar-refractivity contribution in [2.45, 2.75) is 57.9 Å². The minimum Gasteiger partial charge on any atom is -0.467 e. The first kappa shape index (κ1) is 25.6. The van der Waals surface area contributed by atoms with E-state index in [0.717, 1.165) is 7.11 Å². The minimum absolute atomic E-state index is 0.0151. The summed E-state index contributed by atoms with van der Waals surface area (Å²) >= 11 is 0. The first-order valence-electron chi connectivity index (χ1n) is 9.01. The second-order valence-electron chi connectivity index (χ2n) is 7.65. The van der Waals surface area contributed by atoms with Crippen molar-refractivity contribution in [3.05, 3.63) is 29.3 Å². The molecule has 1 amide bonds. The monoisotopic (exact) mass is 442 g/mol. The summed E-state index contributed by atoms with van der Waals surface area (Å²) in [5.74, 6) is -0.816. The van der Waals surface area contributed by atoms with Gasteiger partial charge in [-0.05, 0) is 46.1 Å². The van der Waals surface area contributed by atoms with Gasteiger partial charge in [0.05, 0.1) is 12.7 Å². The van der Waals surface area contributed by atoms with Gasteiger partial charge in [-0.1, -0.05) is 17.7 Å². The molecule has 30 heavy (non-hydrogen) atoms. The molecule has 1 rings (SSSR count). The molecule has 0 unspecified atom stereocenters. The minimum atomic E-state index is -5.62. The predicted molar refractivity (Wildman–Crippen MR) is 98.3 cm³/mol. The van der Waals surface area contributed by atoms with Crippen LogP contribution in [0.5, 0.6) is 0 Å². The van der Waals surface area contributed by atoms with Gasteiger partial charge in [-0.3, -0.25) is 0 Å². The number of alkyl carbamates (subject to hydrolysis) is 1. The maximum absolute atomic E-state index is 13.0. The molecule has 0 bridgehead atoms. The summed E-state index contributed by atoms with van der Waals surface area (Å²) in [5.41, 5.74) is -3.76. The highest BCUT2D eigenvalue weighted by Gasteiger charge is 2.34. The highest BCUT2D eigenvalue weighted by Crippen LogP contribution is 2.30. The maximum atomic E-state index is 13.0. The smallest absolute Gasteiger partial charge is 0.467 e. The van der Waals surface area contributed by atoms with Crippen LogP contribution in [-0.4, -0.2) is 37.8 Å². The molecule has 0 aliphatic rings. The summed E-state index contributed by atoms with van der Waals surface area (Å²) in [6, 6.07) is 0.204. The van der Waals surface area contributed by atoms with Crippen LogP contribution < -0.4 is 10.8 Å². The number of hydrogen-bond donors (Lipinski definition) is 1. The fourth-order valence-corrected chi connectivity index (χ4v) is 2.57. The molecule has 0 fully saturated rings. The summed E-state index contributed by atoms with van der Waals surface area (Å²) in [4.78, 5) is 23.7. The molecule has 1 aromatic rings. The first-order chi connectivity index (χ1) is 13.5. The average molecular weight is 442 g/mol. The standard InChI is InChI=1S/C18H23BF6NO4/c1-17(2,3)30-16(28)26-14(15(27)29-4)7-5-6-11-8-12(18(20,21)22)10-13(9-11)19(23,24)25/h8-10,14H,5-7H2,1-4H3,(H,26,28)/q-1/t14-/m0/s1. The molecule has 1 aromatic carbocycles. The SMILES string of the molecule is COC(=O)[C@H](CCCc1cc([B-](F)(F)F)cc(C(F)(F)F)c1)NC(=O)OC(C)(C)C. The number of carbonyl (C=O) groups excluding carboxylic acids is 2. The van der Waals surface area contributed by atoms with E-state index in [1.54, 1.807) is 20.8 Å². The lowest BCUT2D eigenvalue weighted by Gasteiger charge is -2.23. The third kappa shape index (κ3) is 8.54. The van der Waals surface area contributed by atoms with Crippen LogP contribution in [0, 0.1) is 0 Å². The van der Waals surface area contributed by atoms with Crippen molar-refractivity contribution in [1.29, 1.82) is 0 Å². The van der Waals surface area contributed by atoms with Crippen molar-refractivity contribution in [3.8, 4) is 0 Å². The van der Waals surface area contributed by atoms with Crippen LogP contribution in [0.2, 0.25) is 0 Å². The van der Waals surface area contributed by atoms with E-state index in [4.69, 9.17) is 4.74 Å². The second kappa shape index (κ2) is 9.61. The fraction of sp³-hybridized carbons (Fsp3) is 0.556. The zero-order valence-electron chi connectivity index (χ0n) is 16.9. The lowest BCUT2D eigenvalue weighted by atomic mass is 9.78. The van der Waals surface area contributed by atoms with Gasteiger partial charge in [0.2, 0.25) is 0 Å². The maximum Gasteiger partial charge on any atom is 0.509 e. The number of esters is 1. The Kier molecular flexibility index (Phi) is 8.21. The van der Waals surface area contributed by atoms with Gasteiger partial charge in [-0.25, -0.2) is 9.59 Å². The van der Waals surface area contributed by atoms with Crippen molar-refractivity contribution in [2.75, 3.05) is 7.11 Å². The zero-order valence-corrected chi connectivity index (χ0v) is 16.9. The van der Waals surface area contributed by atoms with E-state index in [1.165, 1.54) is 0 Å². The Morgan fingerprint density at radius 3 is 2.17 bits per heavy atom. The normalized spacial score (nSPS) is 13.5. The van der Waals surface area contributed by atoms with Crippen LogP contribution >= 0.6 is 0 Å². The molecule has 0 aliphatic heterocycles. The van der Waals surface area contributed by atoms with Crippen molar-refractivity contribution < 1.29 is 45.2 Å². The van der Waals surface area contributed by atoms with E-state index in [1.807, 2.05) is 0 Å². The molecule has 12 heteroatoms. The van der Waals surface area contributed by atoms with Crippen LogP contribution in [0.4, 0.5) is 30.9 Å². The molecule has 5 nitrogen and oxygen atoms in total. The topological polar surface area (TPSA) is 64.6 Å². The van der Waals surface area contributed by atoms with Crippen molar-refractivity contribution in [2.24, 2.45) is 0 Å². The van der Waals surface area contributed by atoms with E-state index in [9.17, 15) is 35.7 Å². The Balaban J connectivity index is 2.92. The van der Waals surface area contributed by atoms with E-state index < -0.39 is 47.9 Å². The van der Waals surface area contributed by atoms with Crippen LogP contribution in [0.15, 0.2) is 18.2 Å². The summed E-state index contributed by atoms with van der Waals surface area (Å²) in [6.45, 7) is -0.808. The quantitative estimate of drug-likeness (QED) is 0.392. The van der Waals surface area contributed by atoms with Gasteiger partial charge in [0, 0.05) is 0 Å². The molecule has 0 saturated heterocycles. The Bertz CT molecular complexity index is 726. The van der Waals surface area contributed by atoms with Crippen molar-refractivity contribution in [3.63, 3.8) is 0 Å². The molecule has 1 atom stereocenters. The molecule has 0 heterocycles. The Hall–Kier alpha value is -2.40. The number of carbonyl (C=O) groups is 2. The number of nitrogens with one attached hydrogen (secondary N) is 1. The van der Waals surface area contributed by atoms with Gasteiger partial charge < -0.3 is 27.7 Å². The molecule has 0 saturated carbocycles. The van der Waals surface area contributed by atoms with Crippen LogP contribution in [0.25, 0.3) is 0 Å². The number of aryl methyl sites for hydroxylation is 1. The van der Waals surface area contributed by atoms with E-state index in [-0.39, 0.29) is 30.9 Å². The lowest BCUT2D eigenvalue weighted by Crippen LogP contribution is -2.44. The molecule has 0 aliphatic carbocycles. The average Bonchev–Trinajstić information content (AvgIpc) is 2.56. The third-order valence-electron chi connectivity index (χ3n) is 3.86. The van der Waals surface area contributed by atoms with Crippen LogP contribution in [0.1, 0.15) is 44.7 Å². The summed E-state index contributed by atoms with van der Waals surface area (Å²) < 4.78 is 87.4. The molecular formula is C18H23BF6NO4-. The Morgan fingerprint density at radius 1 is 1.10 bits per heavy atom. The molecular weight excluding hydrogens is 419 g/mol. The summed E-state index contributed by atoms with van der Waals surface area (Å²) in [5, 5.41) is 2.29. The highest BCUT2D eigenvalue weighted by molar-refractivity contribution is 6.73. The van der Waals surface area contributed by atoms with E-state index in [0.29, 0.717) is 12.1 Å². The Morgan fingerprint density at radius 2 is 1.70 bits per heavy atom. The highest BCUT2D eigenvalue weighted by atomic mass is 19.4. The summed E-state index contributed by atoms with van der Waals surface area (Å²) in [7, 11) is 1.08. The molecule has 0 radical (unpaired) electrons. The number of amides is 1. The van der Waals surface area contributed by atoms with Gasteiger partial charge in [0.25, 0.3) is 0 Å². The first-order valence-corrected chi connectivity index (χ1v) is 9.01. The van der Waals surface area contributed by atoms with Crippen molar-refractivity contribution >= 4 is 24.5 Å². The molecule has 170 valence electrons. The van der Waals surface area contributed by atoms with Gasteiger partial charge >= 0.3 is 25.2 Å². The Labute approximate surface area is 170 Å². The van der Waals surface area contributed by atoms with E-state index >= 15 is 0 Å². The van der Waals surface area contributed by atoms with Gasteiger partial charge in [-0.15, -0.1) is 5.46 Å². The summed E-state index contributed by atoms with van der Waals surface area (Å²) in [6.07, 6.45) is -6.07. The number of ether oxygens (including phenoxy) is 2. The lowest BCUT2D eigenvalue weighted by molar-refractivity contribution is -0.143. The largest absolute Gasteiger partial charge is 0.509 e. The number of hydrogen-bond acceptors (Lipinski definition) is 4. The number of methoxy groups -OCH3 is 1. The van der Waals surface area contributed by atoms with Crippen molar-refractivity contribution in [1.82, 2.24) is 5.32 Å². The number of benzene rings is 1. The fourth-order valence-electron chi connectivity index (χ4n) is 2.57. The molecule has 0 spiro atoms. The third-order valence-corrected chi connectivity index (χ3v) is 3.86. The van der Waals surface area contributed by atoms with Gasteiger partial charge in [-0.2, -0.15) is 13.2 Å². The molecule has 1 N–H and O–H groups in total. The zero-order chi connectivity index (χ0) is 23.3. The number of halogens is 6. The van der Waals surface area contributed by atoms with Crippen LogP contribution in [0.3, 0.4) is 0 Å². The van der Waals surface area contributed by atoms with Gasteiger partial charge in [0.15, 0.2) is 0 Å².